The lowest BCUT2D eigenvalue weighted by Gasteiger charge is -2.36. The number of hydrogen-bond donors (Lipinski definition) is 0. The van der Waals surface area contributed by atoms with E-state index in [1.165, 1.54) is 0 Å². The smallest absolute Gasteiger partial charge is 0.253 e. The van der Waals surface area contributed by atoms with Gasteiger partial charge in [0.1, 0.15) is 5.75 Å². The van der Waals surface area contributed by atoms with Crippen LogP contribution in [0.1, 0.15) is 21.5 Å². The highest BCUT2D eigenvalue weighted by Crippen LogP contribution is 2.21. The first-order valence-electron chi connectivity index (χ1n) is 10.1. The third kappa shape index (κ3) is 4.64. The summed E-state index contributed by atoms with van der Waals surface area (Å²) in [6.45, 7) is 3.05. The van der Waals surface area contributed by atoms with Gasteiger partial charge in [0.05, 0.1) is 7.11 Å². The molecule has 1 fully saturated rings. The number of amides is 1. The van der Waals surface area contributed by atoms with Crippen molar-refractivity contribution in [1.29, 1.82) is 0 Å². The molecule has 0 atom stereocenters. The summed E-state index contributed by atoms with van der Waals surface area (Å²) in [6, 6.07) is 25.5. The van der Waals surface area contributed by atoms with E-state index in [2.05, 4.69) is 28.9 Å². The Bertz CT molecular complexity index is 1040. The number of ether oxygens (including phenoxy) is 1. The number of rotatable bonds is 3. The van der Waals surface area contributed by atoms with Crippen LogP contribution in [0.15, 0.2) is 78.9 Å². The van der Waals surface area contributed by atoms with E-state index in [4.69, 9.17) is 4.74 Å². The lowest BCUT2D eigenvalue weighted by Crippen LogP contribution is -2.48. The Hall–Kier alpha value is -3.71. The molecular weight excluding hydrogens is 372 g/mol. The van der Waals surface area contributed by atoms with E-state index in [9.17, 15) is 4.79 Å². The zero-order valence-corrected chi connectivity index (χ0v) is 17.0. The standard InChI is InChI=1S/C26H24N2O2/c1-30-25-15-13-24(14-16-25)27-17-19-28(20-18-27)26(29)23-11-9-22(10-12-23)8-7-21-5-3-2-4-6-21/h2-6,9-16H,17-20H2,1H3. The molecule has 0 bridgehead atoms. The maximum Gasteiger partial charge on any atom is 0.253 e. The summed E-state index contributed by atoms with van der Waals surface area (Å²) < 4.78 is 5.22. The van der Waals surface area contributed by atoms with Gasteiger partial charge < -0.3 is 14.5 Å². The van der Waals surface area contributed by atoms with E-state index in [1.54, 1.807) is 7.11 Å². The van der Waals surface area contributed by atoms with E-state index < -0.39 is 0 Å². The summed E-state index contributed by atoms with van der Waals surface area (Å²) in [5, 5.41) is 0. The second-order valence-corrected chi connectivity index (χ2v) is 7.17. The van der Waals surface area contributed by atoms with Crippen molar-refractivity contribution >= 4 is 11.6 Å². The molecule has 150 valence electrons. The number of methoxy groups -OCH3 is 1. The van der Waals surface area contributed by atoms with Crippen molar-refractivity contribution in [2.45, 2.75) is 0 Å². The Kier molecular flexibility index (Phi) is 6.01. The van der Waals surface area contributed by atoms with Gasteiger partial charge in [-0.15, -0.1) is 0 Å². The molecule has 1 aliphatic heterocycles. The minimum Gasteiger partial charge on any atom is -0.497 e. The number of carbonyl (C=O) groups excluding carboxylic acids is 1. The van der Waals surface area contributed by atoms with Gasteiger partial charge in [-0.05, 0) is 60.7 Å². The predicted octanol–water partition coefficient (Wildman–Crippen LogP) is 4.06. The maximum absolute atomic E-state index is 12.9. The van der Waals surface area contributed by atoms with Gasteiger partial charge in [0.25, 0.3) is 5.91 Å². The van der Waals surface area contributed by atoms with E-state index in [1.807, 2.05) is 71.6 Å². The summed E-state index contributed by atoms with van der Waals surface area (Å²) in [5.41, 5.74) is 3.74. The molecule has 0 aliphatic carbocycles. The van der Waals surface area contributed by atoms with E-state index in [0.29, 0.717) is 18.7 Å². The Morgan fingerprint density at radius 1 is 0.767 bits per heavy atom. The first-order valence-corrected chi connectivity index (χ1v) is 10.1. The van der Waals surface area contributed by atoms with Gasteiger partial charge in [0.2, 0.25) is 0 Å². The molecule has 4 heteroatoms. The van der Waals surface area contributed by atoms with Crippen molar-refractivity contribution in [3.8, 4) is 17.6 Å². The molecule has 3 aromatic rings. The molecule has 1 saturated heterocycles. The van der Waals surface area contributed by atoms with Crippen LogP contribution in [-0.2, 0) is 0 Å². The van der Waals surface area contributed by atoms with E-state index in [-0.39, 0.29) is 5.91 Å². The molecule has 0 radical (unpaired) electrons. The lowest BCUT2D eigenvalue weighted by atomic mass is 10.1. The van der Waals surface area contributed by atoms with Crippen molar-refractivity contribution in [2.75, 3.05) is 38.2 Å². The van der Waals surface area contributed by atoms with E-state index in [0.717, 1.165) is 35.7 Å². The Balaban J connectivity index is 1.35. The second-order valence-electron chi connectivity index (χ2n) is 7.17. The van der Waals surface area contributed by atoms with Crippen LogP contribution < -0.4 is 9.64 Å². The van der Waals surface area contributed by atoms with Gasteiger partial charge >= 0.3 is 0 Å². The second kappa shape index (κ2) is 9.19. The number of benzene rings is 3. The van der Waals surface area contributed by atoms with Crippen molar-refractivity contribution < 1.29 is 9.53 Å². The molecule has 0 saturated carbocycles. The number of piperazine rings is 1. The van der Waals surface area contributed by atoms with Crippen molar-refractivity contribution in [3.05, 3.63) is 95.6 Å². The number of hydrogen-bond acceptors (Lipinski definition) is 3. The van der Waals surface area contributed by atoms with Crippen molar-refractivity contribution in [3.63, 3.8) is 0 Å². The summed E-state index contributed by atoms with van der Waals surface area (Å²) in [4.78, 5) is 17.1. The summed E-state index contributed by atoms with van der Waals surface area (Å²) >= 11 is 0. The average Bonchev–Trinajstić information content (AvgIpc) is 2.83. The summed E-state index contributed by atoms with van der Waals surface area (Å²) in [7, 11) is 1.67. The quantitative estimate of drug-likeness (QED) is 0.626. The topological polar surface area (TPSA) is 32.8 Å². The van der Waals surface area contributed by atoms with Crippen molar-refractivity contribution in [1.82, 2.24) is 4.90 Å². The normalized spacial score (nSPS) is 13.4. The molecule has 3 aromatic carbocycles. The first-order chi connectivity index (χ1) is 14.7. The minimum absolute atomic E-state index is 0.0759. The fraction of sp³-hybridized carbons (Fsp3) is 0.192. The monoisotopic (exact) mass is 396 g/mol. The van der Waals surface area contributed by atoms with Gasteiger partial charge in [-0.25, -0.2) is 0 Å². The van der Waals surface area contributed by atoms with Crippen LogP contribution in [0, 0.1) is 11.8 Å². The van der Waals surface area contributed by atoms with Crippen molar-refractivity contribution in [2.24, 2.45) is 0 Å². The average molecular weight is 396 g/mol. The molecule has 4 nitrogen and oxygen atoms in total. The third-order valence-electron chi connectivity index (χ3n) is 5.26. The Labute approximate surface area is 177 Å². The maximum atomic E-state index is 12.9. The Morgan fingerprint density at radius 2 is 1.37 bits per heavy atom. The zero-order chi connectivity index (χ0) is 20.8. The van der Waals surface area contributed by atoms with Gasteiger partial charge in [-0.2, -0.15) is 0 Å². The van der Waals surface area contributed by atoms with Crippen LogP contribution in [0.25, 0.3) is 0 Å². The SMILES string of the molecule is COc1ccc(N2CCN(C(=O)c3ccc(C#Cc4ccccc4)cc3)CC2)cc1. The van der Waals surface area contributed by atoms with Gasteiger partial charge in [0, 0.05) is 48.6 Å². The van der Waals surface area contributed by atoms with E-state index >= 15 is 0 Å². The van der Waals surface area contributed by atoms with Gasteiger partial charge in [-0.1, -0.05) is 30.0 Å². The summed E-state index contributed by atoms with van der Waals surface area (Å²) in [5.74, 6) is 7.22. The molecule has 1 amide bonds. The predicted molar refractivity (Wildman–Crippen MR) is 120 cm³/mol. The third-order valence-corrected chi connectivity index (χ3v) is 5.26. The highest BCUT2D eigenvalue weighted by Gasteiger charge is 2.22. The van der Waals surface area contributed by atoms with Crippen LogP contribution in [0.4, 0.5) is 5.69 Å². The minimum atomic E-state index is 0.0759. The first kappa shape index (κ1) is 19.6. The fourth-order valence-electron chi connectivity index (χ4n) is 3.51. The zero-order valence-electron chi connectivity index (χ0n) is 17.0. The van der Waals surface area contributed by atoms with Crippen LogP contribution in [-0.4, -0.2) is 44.1 Å². The largest absolute Gasteiger partial charge is 0.497 e. The van der Waals surface area contributed by atoms with Crippen LogP contribution >= 0.6 is 0 Å². The highest BCUT2D eigenvalue weighted by atomic mass is 16.5. The molecule has 1 aliphatic rings. The lowest BCUT2D eigenvalue weighted by molar-refractivity contribution is 0.0747. The van der Waals surface area contributed by atoms with Gasteiger partial charge in [0.15, 0.2) is 0 Å². The summed E-state index contributed by atoms with van der Waals surface area (Å²) in [6.07, 6.45) is 0. The molecule has 30 heavy (non-hydrogen) atoms. The number of anilines is 1. The van der Waals surface area contributed by atoms with Crippen LogP contribution in [0.2, 0.25) is 0 Å². The molecule has 0 spiro atoms. The molecule has 1 heterocycles. The molecule has 0 N–H and O–H groups in total. The number of carbonyl (C=O) groups is 1. The van der Waals surface area contributed by atoms with Crippen LogP contribution in [0.3, 0.4) is 0 Å². The molecular formula is C26H24N2O2. The highest BCUT2D eigenvalue weighted by molar-refractivity contribution is 5.94. The van der Waals surface area contributed by atoms with Gasteiger partial charge in [-0.3, -0.25) is 4.79 Å². The fourth-order valence-corrected chi connectivity index (χ4v) is 3.51. The number of nitrogens with zero attached hydrogens (tertiary/aromatic N) is 2. The molecule has 4 rings (SSSR count). The molecule has 0 aromatic heterocycles. The molecule has 0 unspecified atom stereocenters. The van der Waals surface area contributed by atoms with Crippen LogP contribution in [0.5, 0.6) is 5.75 Å². The Morgan fingerprint density at radius 3 is 1.97 bits per heavy atom.